The van der Waals surface area contributed by atoms with Crippen LogP contribution in [0.25, 0.3) is 10.2 Å². The third-order valence-electron chi connectivity index (χ3n) is 5.33. The Morgan fingerprint density at radius 1 is 1.27 bits per heavy atom. The van der Waals surface area contributed by atoms with E-state index in [4.69, 9.17) is 9.72 Å². The lowest BCUT2D eigenvalue weighted by atomic mass is 10.1. The molecule has 1 atom stereocenters. The number of anilines is 1. The summed E-state index contributed by atoms with van der Waals surface area (Å²) >= 11 is 3.35. The van der Waals surface area contributed by atoms with Crippen molar-refractivity contribution in [3.05, 3.63) is 53.1 Å². The van der Waals surface area contributed by atoms with Gasteiger partial charge in [0.1, 0.15) is 0 Å². The van der Waals surface area contributed by atoms with Crippen molar-refractivity contribution >= 4 is 44.4 Å². The highest BCUT2D eigenvalue weighted by Crippen LogP contribution is 2.33. The molecule has 1 fully saturated rings. The van der Waals surface area contributed by atoms with Gasteiger partial charge in [0.15, 0.2) is 5.13 Å². The molecular formula is C24H28N2O2S2. The molecule has 1 amide bonds. The smallest absolute Gasteiger partial charge is 0.260 e. The van der Waals surface area contributed by atoms with Crippen LogP contribution in [-0.2, 0) is 4.74 Å². The molecule has 1 unspecified atom stereocenters. The van der Waals surface area contributed by atoms with Crippen molar-refractivity contribution in [1.82, 2.24) is 4.98 Å². The second-order valence-electron chi connectivity index (χ2n) is 8.15. The Morgan fingerprint density at radius 3 is 2.80 bits per heavy atom. The first kappa shape index (κ1) is 21.3. The van der Waals surface area contributed by atoms with Gasteiger partial charge in [-0.3, -0.25) is 9.69 Å². The van der Waals surface area contributed by atoms with Gasteiger partial charge in [0.05, 0.1) is 22.9 Å². The standard InChI is InChI=1S/C24H28N2O2S2/c1-15(2)29-20-9-5-7-18(13-20)23(27)26(14-19-8-6-10-28-19)24-25-21-11-16(3)17(4)12-22(21)30-24/h5,7,9,11-13,15,19H,6,8,10,14H2,1-4H3. The molecule has 0 bridgehead atoms. The number of thioether (sulfide) groups is 1. The minimum atomic E-state index is -0.00999. The molecule has 0 spiro atoms. The van der Waals surface area contributed by atoms with Crippen LogP contribution in [0.4, 0.5) is 5.13 Å². The second kappa shape index (κ2) is 9.08. The molecular weight excluding hydrogens is 412 g/mol. The van der Waals surface area contributed by atoms with Gasteiger partial charge in [-0.25, -0.2) is 4.98 Å². The summed E-state index contributed by atoms with van der Waals surface area (Å²) in [7, 11) is 0. The molecule has 0 radical (unpaired) electrons. The minimum Gasteiger partial charge on any atom is -0.376 e. The van der Waals surface area contributed by atoms with Crippen LogP contribution in [0.5, 0.6) is 0 Å². The Kier molecular flexibility index (Phi) is 6.46. The summed E-state index contributed by atoms with van der Waals surface area (Å²) in [6.45, 7) is 9.84. The van der Waals surface area contributed by atoms with Crippen LogP contribution in [0.2, 0.25) is 0 Å². The van der Waals surface area contributed by atoms with E-state index in [0.29, 0.717) is 17.4 Å². The number of aryl methyl sites for hydroxylation is 2. The van der Waals surface area contributed by atoms with E-state index in [9.17, 15) is 4.79 Å². The lowest BCUT2D eigenvalue weighted by Gasteiger charge is -2.23. The zero-order valence-electron chi connectivity index (χ0n) is 18.0. The van der Waals surface area contributed by atoms with E-state index < -0.39 is 0 Å². The number of benzene rings is 2. The maximum absolute atomic E-state index is 13.6. The van der Waals surface area contributed by atoms with Crippen LogP contribution in [0.15, 0.2) is 41.3 Å². The van der Waals surface area contributed by atoms with Gasteiger partial charge < -0.3 is 4.74 Å². The fraction of sp³-hybridized carbons (Fsp3) is 0.417. The number of rotatable bonds is 6. The van der Waals surface area contributed by atoms with Gasteiger partial charge in [-0.15, -0.1) is 11.8 Å². The molecule has 0 saturated carbocycles. The lowest BCUT2D eigenvalue weighted by Crippen LogP contribution is -2.37. The molecule has 30 heavy (non-hydrogen) atoms. The fourth-order valence-corrected chi connectivity index (χ4v) is 5.60. The number of hydrogen-bond acceptors (Lipinski definition) is 5. The Morgan fingerprint density at radius 2 is 2.07 bits per heavy atom. The largest absolute Gasteiger partial charge is 0.376 e. The highest BCUT2D eigenvalue weighted by atomic mass is 32.2. The SMILES string of the molecule is Cc1cc2nc(N(CC3CCCO3)C(=O)c3cccc(SC(C)C)c3)sc2cc1C. The molecule has 2 heterocycles. The van der Waals surface area contributed by atoms with E-state index in [1.807, 2.05) is 23.1 Å². The molecule has 158 valence electrons. The quantitative estimate of drug-likeness (QED) is 0.426. The predicted molar refractivity (Wildman–Crippen MR) is 127 cm³/mol. The molecule has 0 aliphatic carbocycles. The fourth-order valence-electron chi connectivity index (χ4n) is 3.65. The average molecular weight is 441 g/mol. The van der Waals surface area contributed by atoms with E-state index in [2.05, 4.69) is 45.9 Å². The Balaban J connectivity index is 1.70. The first-order chi connectivity index (χ1) is 14.4. The van der Waals surface area contributed by atoms with Crippen molar-refractivity contribution in [1.29, 1.82) is 0 Å². The number of aromatic nitrogens is 1. The van der Waals surface area contributed by atoms with Gasteiger partial charge >= 0.3 is 0 Å². The van der Waals surface area contributed by atoms with Gasteiger partial charge in [0, 0.05) is 22.3 Å². The number of carbonyl (C=O) groups is 1. The maximum Gasteiger partial charge on any atom is 0.260 e. The first-order valence-corrected chi connectivity index (χ1v) is 12.2. The van der Waals surface area contributed by atoms with Gasteiger partial charge in [-0.2, -0.15) is 0 Å². The molecule has 2 aromatic carbocycles. The van der Waals surface area contributed by atoms with Gasteiger partial charge in [-0.05, 0) is 68.1 Å². The molecule has 3 aromatic rings. The molecule has 0 N–H and O–H groups in total. The van der Waals surface area contributed by atoms with Crippen molar-refractivity contribution in [3.63, 3.8) is 0 Å². The molecule has 1 aliphatic heterocycles. The zero-order valence-corrected chi connectivity index (χ0v) is 19.6. The number of fused-ring (bicyclic) bond motifs is 1. The Labute approximate surface area is 186 Å². The van der Waals surface area contributed by atoms with E-state index in [0.717, 1.165) is 39.7 Å². The molecule has 4 nitrogen and oxygen atoms in total. The van der Waals surface area contributed by atoms with Crippen LogP contribution in [0.3, 0.4) is 0 Å². The summed E-state index contributed by atoms with van der Waals surface area (Å²) in [6, 6.07) is 12.2. The van der Waals surface area contributed by atoms with Crippen LogP contribution in [0, 0.1) is 13.8 Å². The van der Waals surface area contributed by atoms with E-state index in [-0.39, 0.29) is 12.0 Å². The van der Waals surface area contributed by atoms with Crippen molar-refractivity contribution < 1.29 is 9.53 Å². The number of ether oxygens (including phenoxy) is 1. The molecule has 1 saturated heterocycles. The minimum absolute atomic E-state index is 0.00999. The third kappa shape index (κ3) is 4.71. The van der Waals surface area contributed by atoms with Crippen molar-refractivity contribution in [2.45, 2.75) is 56.8 Å². The van der Waals surface area contributed by atoms with Gasteiger partial charge in [-0.1, -0.05) is 31.3 Å². The number of carbonyl (C=O) groups excluding carboxylic acids is 1. The van der Waals surface area contributed by atoms with Crippen molar-refractivity contribution in [2.24, 2.45) is 0 Å². The van der Waals surface area contributed by atoms with Gasteiger partial charge in [0.25, 0.3) is 5.91 Å². The molecule has 1 aromatic heterocycles. The third-order valence-corrected chi connectivity index (χ3v) is 7.37. The summed E-state index contributed by atoms with van der Waals surface area (Å²) < 4.78 is 6.97. The second-order valence-corrected chi connectivity index (χ2v) is 10.8. The van der Waals surface area contributed by atoms with Crippen LogP contribution in [-0.4, -0.2) is 35.4 Å². The average Bonchev–Trinajstić information content (AvgIpc) is 3.35. The highest BCUT2D eigenvalue weighted by Gasteiger charge is 2.27. The lowest BCUT2D eigenvalue weighted by molar-refractivity contribution is 0.0917. The number of thiazole rings is 1. The van der Waals surface area contributed by atoms with E-state index >= 15 is 0 Å². The molecule has 6 heteroatoms. The summed E-state index contributed by atoms with van der Waals surface area (Å²) in [5.74, 6) is -0.00999. The highest BCUT2D eigenvalue weighted by molar-refractivity contribution is 7.99. The van der Waals surface area contributed by atoms with Crippen molar-refractivity contribution in [3.8, 4) is 0 Å². The number of amides is 1. The maximum atomic E-state index is 13.6. The summed E-state index contributed by atoms with van der Waals surface area (Å²) in [4.78, 5) is 21.4. The Bertz CT molecular complexity index is 1020. The van der Waals surface area contributed by atoms with Crippen LogP contribution < -0.4 is 4.90 Å². The topological polar surface area (TPSA) is 42.4 Å². The number of nitrogens with zero attached hydrogens (tertiary/aromatic N) is 2. The first-order valence-electron chi connectivity index (χ1n) is 10.5. The van der Waals surface area contributed by atoms with E-state index in [1.165, 1.54) is 11.1 Å². The van der Waals surface area contributed by atoms with Gasteiger partial charge in [0.2, 0.25) is 0 Å². The number of hydrogen-bond donors (Lipinski definition) is 0. The van der Waals surface area contributed by atoms with Crippen LogP contribution >= 0.6 is 23.1 Å². The van der Waals surface area contributed by atoms with Crippen molar-refractivity contribution in [2.75, 3.05) is 18.1 Å². The Hall–Kier alpha value is -1.89. The normalized spacial score (nSPS) is 16.5. The predicted octanol–water partition coefficient (Wildman–Crippen LogP) is 6.24. The zero-order chi connectivity index (χ0) is 21.3. The summed E-state index contributed by atoms with van der Waals surface area (Å²) in [6.07, 6.45) is 2.10. The van der Waals surface area contributed by atoms with E-state index in [1.54, 1.807) is 23.1 Å². The summed E-state index contributed by atoms with van der Waals surface area (Å²) in [5.41, 5.74) is 4.11. The van der Waals surface area contributed by atoms with Crippen LogP contribution in [0.1, 0.15) is 48.2 Å². The molecule has 4 rings (SSSR count). The molecule has 1 aliphatic rings. The monoisotopic (exact) mass is 440 g/mol. The summed E-state index contributed by atoms with van der Waals surface area (Å²) in [5, 5.41) is 1.21.